The van der Waals surface area contributed by atoms with Crippen LogP contribution in [-0.4, -0.2) is 39.5 Å². The molecule has 0 radical (unpaired) electrons. The number of carboxylic acid groups (broad SMARTS) is 1. The number of carboxylic acids is 1. The Morgan fingerprint density at radius 3 is 2.42 bits per heavy atom. The Labute approximate surface area is 181 Å². The number of hydrogen-bond acceptors (Lipinski definition) is 4. The molecule has 2 aromatic rings. The molecule has 3 rings (SSSR count). The first kappa shape index (κ1) is 22.9. The minimum absolute atomic E-state index is 0.0430. The van der Waals surface area contributed by atoms with Crippen molar-refractivity contribution in [1.82, 2.24) is 4.90 Å². The predicted octanol–water partition coefficient (Wildman–Crippen LogP) is 4.64. The summed E-state index contributed by atoms with van der Waals surface area (Å²) < 4.78 is 39.4. The summed E-state index contributed by atoms with van der Waals surface area (Å²) in [6, 6.07) is 11.7. The van der Waals surface area contributed by atoms with E-state index in [-0.39, 0.29) is 23.5 Å². The summed E-state index contributed by atoms with van der Waals surface area (Å²) in [5.41, 5.74) is -0.246. The Hall–Kier alpha value is -2.81. The number of Topliss-reactive ketones (excluding diaryl/α,β-unsaturated/α-hetero) is 1. The molecule has 2 aromatic carbocycles. The quantitative estimate of drug-likeness (QED) is 0.648. The van der Waals surface area contributed by atoms with Crippen LogP contribution in [0.1, 0.15) is 40.2 Å². The van der Waals surface area contributed by atoms with E-state index >= 15 is 0 Å². The van der Waals surface area contributed by atoms with Gasteiger partial charge in [0.1, 0.15) is 11.4 Å². The second-order valence-electron chi connectivity index (χ2n) is 7.30. The number of amides is 1. The molecule has 1 amide bonds. The van der Waals surface area contributed by atoms with Crippen molar-refractivity contribution in [2.24, 2.45) is 5.92 Å². The van der Waals surface area contributed by atoms with Crippen molar-refractivity contribution in [1.29, 1.82) is 0 Å². The fourth-order valence-electron chi connectivity index (χ4n) is 3.45. The number of ketones is 1. The van der Waals surface area contributed by atoms with Gasteiger partial charge in [0.05, 0.1) is 5.56 Å². The average molecular weight is 451 g/mol. The number of hydrogen-bond donors (Lipinski definition) is 1. The lowest BCUT2D eigenvalue weighted by Gasteiger charge is -2.30. The highest BCUT2D eigenvalue weighted by Gasteiger charge is 2.44. The third-order valence-electron chi connectivity index (χ3n) is 5.05. The van der Waals surface area contributed by atoms with Crippen molar-refractivity contribution in [3.05, 3.63) is 71.3 Å². The van der Waals surface area contributed by atoms with Crippen LogP contribution in [0.3, 0.4) is 0 Å². The topological polar surface area (TPSA) is 74.7 Å². The molecule has 1 heterocycles. The number of carbonyl (C=O) groups excluding carboxylic acids is 2. The van der Waals surface area contributed by atoms with Crippen molar-refractivity contribution >= 4 is 29.4 Å². The standard InChI is InChI=1S/C22H20F3NO4S/c1-13(10-18(27)14-6-3-2-4-7-14)19(28)26-17(21(29)30)12-31-20(26)15-8-5-9-16(11-15)22(23,24)25/h2-9,11,13,17,20H,10,12H2,1H3,(H,29,30)/t13-,17+,20?/m1/s1. The highest BCUT2D eigenvalue weighted by molar-refractivity contribution is 7.99. The molecule has 1 N–H and O–H groups in total. The minimum Gasteiger partial charge on any atom is -0.480 e. The van der Waals surface area contributed by atoms with Gasteiger partial charge in [-0.1, -0.05) is 49.4 Å². The van der Waals surface area contributed by atoms with E-state index in [4.69, 9.17) is 0 Å². The number of benzene rings is 2. The van der Waals surface area contributed by atoms with E-state index in [9.17, 15) is 32.7 Å². The second kappa shape index (κ2) is 9.13. The van der Waals surface area contributed by atoms with Crippen molar-refractivity contribution < 1.29 is 32.7 Å². The molecule has 1 fully saturated rings. The fraction of sp³-hybridized carbons (Fsp3) is 0.318. The molecule has 3 atom stereocenters. The summed E-state index contributed by atoms with van der Waals surface area (Å²) in [5, 5.41) is 8.68. The van der Waals surface area contributed by atoms with Gasteiger partial charge in [0.2, 0.25) is 5.91 Å². The normalized spacial score (nSPS) is 19.8. The smallest absolute Gasteiger partial charge is 0.416 e. The SMILES string of the molecule is C[C@H](CC(=O)c1ccccc1)C(=O)N1C(c2cccc(C(F)(F)F)c2)SC[C@H]1C(=O)O. The number of thioether (sulfide) groups is 1. The summed E-state index contributed by atoms with van der Waals surface area (Å²) in [6.45, 7) is 1.52. The molecule has 0 bridgehead atoms. The number of alkyl halides is 3. The summed E-state index contributed by atoms with van der Waals surface area (Å²) in [7, 11) is 0. The first-order valence-corrected chi connectivity index (χ1v) is 10.6. The van der Waals surface area contributed by atoms with E-state index < -0.39 is 40.9 Å². The maximum Gasteiger partial charge on any atom is 0.416 e. The zero-order valence-corrected chi connectivity index (χ0v) is 17.3. The van der Waals surface area contributed by atoms with Crippen LogP contribution in [0, 0.1) is 5.92 Å². The third kappa shape index (κ3) is 5.10. The Bertz CT molecular complexity index is 980. The number of rotatable bonds is 6. The number of carbonyl (C=O) groups is 3. The van der Waals surface area contributed by atoms with E-state index in [2.05, 4.69) is 0 Å². The minimum atomic E-state index is -4.56. The molecule has 0 aliphatic carbocycles. The van der Waals surface area contributed by atoms with Crippen molar-refractivity contribution in [3.8, 4) is 0 Å². The van der Waals surface area contributed by atoms with E-state index in [1.165, 1.54) is 19.1 Å². The Balaban J connectivity index is 1.86. The van der Waals surface area contributed by atoms with E-state index in [0.717, 1.165) is 28.8 Å². The lowest BCUT2D eigenvalue weighted by molar-refractivity contribution is -0.150. The molecular weight excluding hydrogens is 431 g/mol. The van der Waals surface area contributed by atoms with Crippen LogP contribution in [0.4, 0.5) is 13.2 Å². The Kier molecular flexibility index (Phi) is 6.74. The van der Waals surface area contributed by atoms with Crippen LogP contribution < -0.4 is 0 Å². The molecule has 5 nitrogen and oxygen atoms in total. The highest BCUT2D eigenvalue weighted by Crippen LogP contribution is 2.43. The van der Waals surface area contributed by atoms with E-state index in [1.54, 1.807) is 30.3 Å². The van der Waals surface area contributed by atoms with Gasteiger partial charge in [0, 0.05) is 23.7 Å². The summed E-state index contributed by atoms with van der Waals surface area (Å²) in [6.07, 6.45) is -4.69. The predicted molar refractivity (Wildman–Crippen MR) is 109 cm³/mol. The molecule has 1 aliphatic rings. The molecule has 0 spiro atoms. The maximum absolute atomic E-state index is 13.2. The number of halogens is 3. The molecule has 9 heteroatoms. The van der Waals surface area contributed by atoms with Gasteiger partial charge in [-0.25, -0.2) is 4.79 Å². The van der Waals surface area contributed by atoms with Gasteiger partial charge < -0.3 is 10.0 Å². The molecular formula is C22H20F3NO4S. The summed E-state index contributed by atoms with van der Waals surface area (Å²) in [5.74, 6) is -2.88. The highest BCUT2D eigenvalue weighted by atomic mass is 32.2. The van der Waals surface area contributed by atoms with E-state index in [1.807, 2.05) is 0 Å². The first-order chi connectivity index (χ1) is 14.6. The molecule has 31 heavy (non-hydrogen) atoms. The molecule has 1 saturated heterocycles. The van der Waals surface area contributed by atoms with Crippen LogP contribution in [-0.2, 0) is 15.8 Å². The van der Waals surface area contributed by atoms with Gasteiger partial charge in [0.25, 0.3) is 0 Å². The molecule has 0 saturated carbocycles. The fourth-order valence-corrected chi connectivity index (χ4v) is 4.87. The van der Waals surface area contributed by atoms with Crippen LogP contribution in [0.15, 0.2) is 54.6 Å². The maximum atomic E-state index is 13.2. The van der Waals surface area contributed by atoms with Gasteiger partial charge in [-0.05, 0) is 17.7 Å². The van der Waals surface area contributed by atoms with Gasteiger partial charge in [-0.15, -0.1) is 11.8 Å². The second-order valence-corrected chi connectivity index (χ2v) is 8.42. The van der Waals surface area contributed by atoms with Gasteiger partial charge in [0.15, 0.2) is 5.78 Å². The Morgan fingerprint density at radius 2 is 1.81 bits per heavy atom. The van der Waals surface area contributed by atoms with Gasteiger partial charge in [-0.3, -0.25) is 9.59 Å². The largest absolute Gasteiger partial charge is 0.480 e. The van der Waals surface area contributed by atoms with Crippen LogP contribution in [0.25, 0.3) is 0 Å². The Morgan fingerprint density at radius 1 is 1.13 bits per heavy atom. The lowest BCUT2D eigenvalue weighted by Crippen LogP contribution is -2.45. The zero-order valence-electron chi connectivity index (χ0n) is 16.5. The van der Waals surface area contributed by atoms with Crippen molar-refractivity contribution in [2.45, 2.75) is 30.9 Å². The zero-order chi connectivity index (χ0) is 22.8. The molecule has 0 aromatic heterocycles. The van der Waals surface area contributed by atoms with Crippen LogP contribution in [0.5, 0.6) is 0 Å². The number of nitrogens with zero attached hydrogens (tertiary/aromatic N) is 1. The van der Waals surface area contributed by atoms with Crippen molar-refractivity contribution in [3.63, 3.8) is 0 Å². The van der Waals surface area contributed by atoms with Gasteiger partial charge >= 0.3 is 12.1 Å². The average Bonchev–Trinajstić information content (AvgIpc) is 3.18. The van der Waals surface area contributed by atoms with E-state index in [0.29, 0.717) is 5.56 Å². The number of aliphatic carboxylic acids is 1. The molecule has 164 valence electrons. The third-order valence-corrected chi connectivity index (χ3v) is 6.37. The molecule has 1 unspecified atom stereocenters. The first-order valence-electron chi connectivity index (χ1n) is 9.51. The summed E-state index contributed by atoms with van der Waals surface area (Å²) >= 11 is 1.09. The van der Waals surface area contributed by atoms with Gasteiger partial charge in [-0.2, -0.15) is 13.2 Å². The van der Waals surface area contributed by atoms with Crippen molar-refractivity contribution in [2.75, 3.05) is 5.75 Å². The summed E-state index contributed by atoms with van der Waals surface area (Å²) in [4.78, 5) is 38.5. The van der Waals surface area contributed by atoms with Crippen LogP contribution >= 0.6 is 11.8 Å². The lowest BCUT2D eigenvalue weighted by atomic mass is 9.97. The molecule has 1 aliphatic heterocycles. The van der Waals surface area contributed by atoms with Crippen LogP contribution in [0.2, 0.25) is 0 Å². The monoisotopic (exact) mass is 451 g/mol.